The molecule has 0 aliphatic carbocycles. The highest BCUT2D eigenvalue weighted by molar-refractivity contribution is 5.82. The molecule has 0 aliphatic heterocycles. The molecule has 3 heteroatoms. The first-order chi connectivity index (χ1) is 4.81. The van der Waals surface area contributed by atoms with Gasteiger partial charge in [0.1, 0.15) is 5.60 Å². The number of ether oxygens (including phenoxy) is 1. The lowest BCUT2D eigenvalue weighted by molar-refractivity contribution is -0.148. The molecule has 0 saturated heterocycles. The van der Waals surface area contributed by atoms with E-state index in [2.05, 4.69) is 0 Å². The van der Waals surface area contributed by atoms with Crippen LogP contribution in [0.2, 0.25) is 0 Å². The first-order valence-electron chi connectivity index (χ1n) is 3.48. The van der Waals surface area contributed by atoms with Crippen molar-refractivity contribution in [1.82, 2.24) is 0 Å². The Balaban J connectivity index is 4.00. The van der Waals surface area contributed by atoms with E-state index in [-0.39, 0.29) is 0 Å². The normalized spacial score (nSPS) is 12.9. The molecule has 0 aromatic carbocycles. The number of rotatable bonds is 1. The molecule has 0 fully saturated rings. The van der Waals surface area contributed by atoms with Crippen LogP contribution in [0, 0.1) is 0 Å². The van der Waals surface area contributed by atoms with Crippen LogP contribution < -0.4 is 5.73 Å². The summed E-state index contributed by atoms with van der Waals surface area (Å²) in [6, 6.07) is 0. The molecule has 11 heavy (non-hydrogen) atoms. The minimum Gasteiger partial charge on any atom is -0.457 e. The zero-order chi connectivity index (χ0) is 9.07. The van der Waals surface area contributed by atoms with Crippen LogP contribution in [0.1, 0.15) is 27.7 Å². The molecule has 0 radical (unpaired) electrons. The van der Waals surface area contributed by atoms with E-state index in [0.717, 1.165) is 0 Å². The van der Waals surface area contributed by atoms with E-state index >= 15 is 0 Å². The van der Waals surface area contributed by atoms with Crippen molar-refractivity contribution in [2.24, 2.45) is 5.73 Å². The molecule has 0 aromatic rings. The predicted molar refractivity (Wildman–Crippen MR) is 43.8 cm³/mol. The number of carbonyl (C=O) groups excluding carboxylic acids is 1. The Morgan fingerprint density at radius 3 is 2.18 bits per heavy atom. The SMILES string of the molecule is C/C(N)=C/C(=O)OC(C)(C)C. The zero-order valence-corrected chi connectivity index (χ0v) is 7.47. The van der Waals surface area contributed by atoms with Crippen molar-refractivity contribution in [3.05, 3.63) is 11.8 Å². The van der Waals surface area contributed by atoms with E-state index in [1.807, 2.05) is 20.8 Å². The van der Waals surface area contributed by atoms with Crippen LogP contribution >= 0.6 is 0 Å². The largest absolute Gasteiger partial charge is 0.457 e. The average molecular weight is 157 g/mol. The highest BCUT2D eigenvalue weighted by atomic mass is 16.6. The van der Waals surface area contributed by atoms with Gasteiger partial charge in [0.2, 0.25) is 0 Å². The molecule has 0 amide bonds. The number of allylic oxidation sites excluding steroid dienone is 1. The molecule has 2 N–H and O–H groups in total. The standard InChI is InChI=1S/C8H15NO2/c1-6(9)5-7(10)11-8(2,3)4/h5H,9H2,1-4H3/b6-5-. The van der Waals surface area contributed by atoms with Crippen molar-refractivity contribution in [3.8, 4) is 0 Å². The molecule has 0 bridgehead atoms. The first-order valence-corrected chi connectivity index (χ1v) is 3.48. The fourth-order valence-corrected chi connectivity index (χ4v) is 0.517. The summed E-state index contributed by atoms with van der Waals surface area (Å²) >= 11 is 0. The Bertz CT molecular complexity index is 173. The number of hydrogen-bond donors (Lipinski definition) is 1. The molecule has 0 atom stereocenters. The van der Waals surface area contributed by atoms with Crippen LogP contribution in [0.3, 0.4) is 0 Å². The van der Waals surface area contributed by atoms with Gasteiger partial charge in [-0.1, -0.05) is 0 Å². The van der Waals surface area contributed by atoms with Gasteiger partial charge in [0.25, 0.3) is 0 Å². The van der Waals surface area contributed by atoms with Gasteiger partial charge in [-0.3, -0.25) is 0 Å². The second kappa shape index (κ2) is 3.42. The van der Waals surface area contributed by atoms with Gasteiger partial charge in [-0.2, -0.15) is 0 Å². The minimum absolute atomic E-state index is 0.391. The fraction of sp³-hybridized carbons (Fsp3) is 0.625. The maximum atomic E-state index is 10.9. The lowest BCUT2D eigenvalue weighted by atomic mass is 10.2. The van der Waals surface area contributed by atoms with E-state index in [0.29, 0.717) is 5.70 Å². The first kappa shape index (κ1) is 10.0. The molecule has 0 aliphatic rings. The van der Waals surface area contributed by atoms with Crippen LogP contribution in [-0.2, 0) is 9.53 Å². The summed E-state index contributed by atoms with van der Waals surface area (Å²) in [6.07, 6.45) is 1.27. The number of hydrogen-bond acceptors (Lipinski definition) is 3. The highest BCUT2D eigenvalue weighted by Gasteiger charge is 2.13. The van der Waals surface area contributed by atoms with Crippen molar-refractivity contribution in [2.45, 2.75) is 33.3 Å². The average Bonchev–Trinajstić information content (AvgIpc) is 1.53. The summed E-state index contributed by atoms with van der Waals surface area (Å²) in [4.78, 5) is 10.9. The van der Waals surface area contributed by atoms with Gasteiger partial charge in [0.05, 0.1) is 0 Å². The Labute approximate surface area is 67.2 Å². The van der Waals surface area contributed by atoms with Gasteiger partial charge in [-0.25, -0.2) is 4.79 Å². The molecule has 3 nitrogen and oxygen atoms in total. The summed E-state index contributed by atoms with van der Waals surface area (Å²) in [5.41, 5.74) is 5.29. The van der Waals surface area contributed by atoms with Crippen molar-refractivity contribution in [1.29, 1.82) is 0 Å². The minimum atomic E-state index is -0.441. The summed E-state index contributed by atoms with van der Waals surface area (Å²) < 4.78 is 4.95. The zero-order valence-electron chi connectivity index (χ0n) is 7.47. The molecule has 0 heterocycles. The van der Waals surface area contributed by atoms with E-state index in [9.17, 15) is 4.79 Å². The molecule has 0 aromatic heterocycles. The van der Waals surface area contributed by atoms with E-state index in [1.54, 1.807) is 6.92 Å². The Morgan fingerprint density at radius 1 is 1.45 bits per heavy atom. The summed E-state index contributed by atoms with van der Waals surface area (Å²) in [5, 5.41) is 0. The van der Waals surface area contributed by atoms with Gasteiger partial charge in [-0.05, 0) is 27.7 Å². The summed E-state index contributed by atoms with van der Waals surface area (Å²) in [6.45, 7) is 7.07. The second-order valence-electron chi connectivity index (χ2n) is 3.42. The predicted octanol–water partition coefficient (Wildman–Crippen LogP) is 1.19. The topological polar surface area (TPSA) is 52.3 Å². The van der Waals surface area contributed by atoms with Crippen LogP contribution in [0.4, 0.5) is 0 Å². The lowest BCUT2D eigenvalue weighted by Gasteiger charge is -2.17. The Hall–Kier alpha value is -0.990. The molecular formula is C8H15NO2. The third-order valence-corrected chi connectivity index (χ3v) is 0.752. The summed E-state index contributed by atoms with van der Waals surface area (Å²) in [5.74, 6) is -0.391. The van der Waals surface area contributed by atoms with E-state index in [1.165, 1.54) is 6.08 Å². The lowest BCUT2D eigenvalue weighted by Crippen LogP contribution is -2.23. The Kier molecular flexibility index (Phi) is 3.11. The van der Waals surface area contributed by atoms with Gasteiger partial charge in [0, 0.05) is 11.8 Å². The van der Waals surface area contributed by atoms with Crippen LogP contribution in [0.5, 0.6) is 0 Å². The van der Waals surface area contributed by atoms with Gasteiger partial charge in [0.15, 0.2) is 0 Å². The third kappa shape index (κ3) is 6.90. The molecule has 0 spiro atoms. The van der Waals surface area contributed by atoms with Crippen LogP contribution in [0.25, 0.3) is 0 Å². The molecule has 64 valence electrons. The fourth-order valence-electron chi connectivity index (χ4n) is 0.517. The van der Waals surface area contributed by atoms with Gasteiger partial charge < -0.3 is 10.5 Å². The van der Waals surface area contributed by atoms with Gasteiger partial charge >= 0.3 is 5.97 Å². The smallest absolute Gasteiger partial charge is 0.332 e. The molecule has 0 saturated carbocycles. The maximum Gasteiger partial charge on any atom is 0.332 e. The summed E-state index contributed by atoms with van der Waals surface area (Å²) in [7, 11) is 0. The number of nitrogens with two attached hydrogens (primary N) is 1. The molecule has 0 unspecified atom stereocenters. The highest BCUT2D eigenvalue weighted by Crippen LogP contribution is 2.07. The van der Waals surface area contributed by atoms with Crippen LogP contribution in [-0.4, -0.2) is 11.6 Å². The number of carbonyl (C=O) groups is 1. The van der Waals surface area contributed by atoms with Crippen molar-refractivity contribution >= 4 is 5.97 Å². The second-order valence-corrected chi connectivity index (χ2v) is 3.42. The van der Waals surface area contributed by atoms with Crippen LogP contribution in [0.15, 0.2) is 11.8 Å². The van der Waals surface area contributed by atoms with E-state index in [4.69, 9.17) is 10.5 Å². The van der Waals surface area contributed by atoms with E-state index < -0.39 is 11.6 Å². The molecule has 0 rings (SSSR count). The third-order valence-electron chi connectivity index (χ3n) is 0.752. The van der Waals surface area contributed by atoms with Crippen molar-refractivity contribution in [2.75, 3.05) is 0 Å². The maximum absolute atomic E-state index is 10.9. The number of esters is 1. The quantitative estimate of drug-likeness (QED) is 0.459. The van der Waals surface area contributed by atoms with Crippen molar-refractivity contribution in [3.63, 3.8) is 0 Å². The molecular weight excluding hydrogens is 142 g/mol. The monoisotopic (exact) mass is 157 g/mol. The Morgan fingerprint density at radius 2 is 1.91 bits per heavy atom. The van der Waals surface area contributed by atoms with Gasteiger partial charge in [-0.15, -0.1) is 0 Å². The van der Waals surface area contributed by atoms with Crippen molar-refractivity contribution < 1.29 is 9.53 Å².